The molecule has 0 amide bonds. The summed E-state index contributed by atoms with van der Waals surface area (Å²) < 4.78 is 20.4. The second kappa shape index (κ2) is 10.4. The van der Waals surface area contributed by atoms with Crippen LogP contribution in [0.2, 0.25) is 0 Å². The van der Waals surface area contributed by atoms with Gasteiger partial charge in [-0.2, -0.15) is 0 Å². The van der Waals surface area contributed by atoms with Crippen LogP contribution in [0, 0.1) is 0 Å². The Morgan fingerprint density at radius 2 is 1.24 bits per heavy atom. The number of carbonyl (C=O) groups excluding carboxylic acids is 2. The third-order valence-corrected chi connectivity index (χ3v) is 3.33. The monoisotopic (exact) mass is 410 g/mol. The van der Waals surface area contributed by atoms with Crippen molar-refractivity contribution < 1.29 is 28.5 Å². The van der Waals surface area contributed by atoms with Gasteiger partial charge >= 0.3 is 11.9 Å². The van der Waals surface area contributed by atoms with E-state index in [-0.39, 0.29) is 11.9 Å². The van der Waals surface area contributed by atoms with Crippen molar-refractivity contribution in [1.82, 2.24) is 0 Å². The summed E-state index contributed by atoms with van der Waals surface area (Å²) in [6.07, 6.45) is 0. The molecule has 0 spiro atoms. The summed E-state index contributed by atoms with van der Waals surface area (Å²) in [5.41, 5.74) is 0. The van der Waals surface area contributed by atoms with Gasteiger partial charge in [0.25, 0.3) is 0 Å². The Balaban J connectivity index is 0.000000251. The molecule has 0 bridgehead atoms. The van der Waals surface area contributed by atoms with E-state index in [0.717, 1.165) is 10.2 Å². The molecule has 0 N–H and O–H groups in total. The third kappa shape index (κ3) is 7.71. The van der Waals surface area contributed by atoms with Crippen LogP contribution in [0.15, 0.2) is 46.9 Å². The van der Waals surface area contributed by atoms with Crippen LogP contribution in [0.25, 0.3) is 0 Å². The maximum atomic E-state index is 10.6. The predicted molar refractivity (Wildman–Crippen MR) is 96.3 cm³/mol. The van der Waals surface area contributed by atoms with Gasteiger partial charge in [-0.25, -0.2) is 0 Å². The van der Waals surface area contributed by atoms with E-state index in [2.05, 4.69) is 15.9 Å². The van der Waals surface area contributed by atoms with E-state index in [9.17, 15) is 9.59 Å². The molecule has 25 heavy (non-hydrogen) atoms. The lowest BCUT2D eigenvalue weighted by molar-refractivity contribution is -0.132. The normalized spacial score (nSPS) is 9.32. The number of carbonyl (C=O) groups is 2. The average Bonchev–Trinajstić information content (AvgIpc) is 2.55. The van der Waals surface area contributed by atoms with Crippen molar-refractivity contribution in [3.63, 3.8) is 0 Å². The van der Waals surface area contributed by atoms with Crippen LogP contribution in [0.3, 0.4) is 0 Å². The first kappa shape index (κ1) is 20.5. The minimum atomic E-state index is -0.336. The van der Waals surface area contributed by atoms with Crippen molar-refractivity contribution >= 4 is 27.9 Å². The third-order valence-electron chi connectivity index (χ3n) is 2.71. The molecular formula is C18H19BrO6. The molecule has 0 aliphatic rings. The van der Waals surface area contributed by atoms with Gasteiger partial charge < -0.3 is 18.9 Å². The fourth-order valence-corrected chi connectivity index (χ4v) is 2.21. The molecule has 2 aromatic carbocycles. The van der Waals surface area contributed by atoms with Crippen molar-refractivity contribution in [2.45, 2.75) is 13.8 Å². The standard InChI is InChI=1S/C9H9BrO3.C9H10O3/c1-6(11)13-7-3-4-9(12-2)8(10)5-7;1-7(10)12-9-5-3-8(11-2)4-6-9/h3-5H,1-2H3;3-6H,1-2H3. The first-order chi connectivity index (χ1) is 11.8. The highest BCUT2D eigenvalue weighted by Crippen LogP contribution is 2.28. The SMILES string of the molecule is COc1ccc(OC(C)=O)cc1.COc1ccc(OC(C)=O)cc1Br. The van der Waals surface area contributed by atoms with Crippen LogP contribution >= 0.6 is 15.9 Å². The molecule has 2 rings (SSSR count). The summed E-state index contributed by atoms with van der Waals surface area (Å²) in [6.45, 7) is 2.72. The maximum Gasteiger partial charge on any atom is 0.308 e. The molecule has 7 heteroatoms. The van der Waals surface area contributed by atoms with Crippen molar-refractivity contribution in [3.05, 3.63) is 46.9 Å². The van der Waals surface area contributed by atoms with Gasteiger partial charge in [0.05, 0.1) is 18.7 Å². The highest BCUT2D eigenvalue weighted by atomic mass is 79.9. The fraction of sp³-hybridized carbons (Fsp3) is 0.222. The highest BCUT2D eigenvalue weighted by Gasteiger charge is 2.03. The van der Waals surface area contributed by atoms with E-state index in [1.54, 1.807) is 56.7 Å². The van der Waals surface area contributed by atoms with Gasteiger partial charge in [-0.3, -0.25) is 9.59 Å². The molecule has 0 unspecified atom stereocenters. The summed E-state index contributed by atoms with van der Waals surface area (Å²) in [6, 6.07) is 11.9. The molecule has 0 saturated heterocycles. The Hall–Kier alpha value is -2.54. The van der Waals surface area contributed by atoms with E-state index in [1.807, 2.05) is 0 Å². The quantitative estimate of drug-likeness (QED) is 0.560. The highest BCUT2D eigenvalue weighted by molar-refractivity contribution is 9.10. The van der Waals surface area contributed by atoms with Gasteiger partial charge in [0.1, 0.15) is 23.0 Å². The van der Waals surface area contributed by atoms with Crippen molar-refractivity contribution in [2.24, 2.45) is 0 Å². The zero-order chi connectivity index (χ0) is 18.8. The largest absolute Gasteiger partial charge is 0.497 e. The Morgan fingerprint density at radius 3 is 1.68 bits per heavy atom. The molecule has 0 saturated carbocycles. The number of benzene rings is 2. The molecule has 0 atom stereocenters. The lowest BCUT2D eigenvalue weighted by atomic mass is 10.3. The summed E-state index contributed by atoms with van der Waals surface area (Å²) >= 11 is 3.28. The van der Waals surface area contributed by atoms with E-state index >= 15 is 0 Å². The first-order valence-corrected chi connectivity index (χ1v) is 7.99. The average molecular weight is 411 g/mol. The van der Waals surface area contributed by atoms with Crippen LogP contribution in [0.5, 0.6) is 23.0 Å². The number of methoxy groups -OCH3 is 2. The number of hydrogen-bond acceptors (Lipinski definition) is 6. The summed E-state index contributed by atoms with van der Waals surface area (Å²) in [7, 11) is 3.16. The molecule has 0 aliphatic carbocycles. The van der Waals surface area contributed by atoms with Gasteiger partial charge in [0, 0.05) is 13.8 Å². The Morgan fingerprint density at radius 1 is 0.760 bits per heavy atom. The van der Waals surface area contributed by atoms with Gasteiger partial charge in [0.2, 0.25) is 0 Å². The molecule has 0 fully saturated rings. The van der Waals surface area contributed by atoms with Crippen LogP contribution in [-0.4, -0.2) is 26.2 Å². The minimum absolute atomic E-state index is 0.319. The zero-order valence-electron chi connectivity index (χ0n) is 14.4. The van der Waals surface area contributed by atoms with E-state index in [0.29, 0.717) is 17.2 Å². The molecule has 134 valence electrons. The lowest BCUT2D eigenvalue weighted by Crippen LogP contribution is -2.01. The predicted octanol–water partition coefficient (Wildman–Crippen LogP) is 4.00. The van der Waals surface area contributed by atoms with Gasteiger partial charge in [0.15, 0.2) is 0 Å². The van der Waals surface area contributed by atoms with Crippen LogP contribution in [0.4, 0.5) is 0 Å². The topological polar surface area (TPSA) is 71.1 Å². The summed E-state index contributed by atoms with van der Waals surface area (Å²) in [5, 5.41) is 0. The fourth-order valence-electron chi connectivity index (χ4n) is 1.69. The van der Waals surface area contributed by atoms with Crippen molar-refractivity contribution in [2.75, 3.05) is 14.2 Å². The Bertz CT molecular complexity index is 712. The van der Waals surface area contributed by atoms with Crippen LogP contribution in [-0.2, 0) is 9.59 Å². The number of esters is 2. The second-order valence-corrected chi connectivity index (χ2v) is 5.51. The molecule has 0 heterocycles. The zero-order valence-corrected chi connectivity index (χ0v) is 16.0. The lowest BCUT2D eigenvalue weighted by Gasteiger charge is -2.05. The van der Waals surface area contributed by atoms with Crippen LogP contribution in [0.1, 0.15) is 13.8 Å². The van der Waals surface area contributed by atoms with Crippen molar-refractivity contribution in [3.8, 4) is 23.0 Å². The Kier molecular flexibility index (Phi) is 8.49. The van der Waals surface area contributed by atoms with Gasteiger partial charge in [-0.05, 0) is 58.4 Å². The van der Waals surface area contributed by atoms with E-state index in [4.69, 9.17) is 18.9 Å². The molecule has 0 radical (unpaired) electrons. The number of ether oxygens (including phenoxy) is 4. The van der Waals surface area contributed by atoms with Crippen LogP contribution < -0.4 is 18.9 Å². The summed E-state index contributed by atoms with van der Waals surface area (Å²) in [4.78, 5) is 21.1. The number of rotatable bonds is 4. The Labute approximate surface area is 154 Å². The minimum Gasteiger partial charge on any atom is -0.497 e. The second-order valence-electron chi connectivity index (χ2n) is 4.66. The van der Waals surface area contributed by atoms with E-state index < -0.39 is 0 Å². The number of halogens is 1. The summed E-state index contributed by atoms with van der Waals surface area (Å²) in [5.74, 6) is 1.82. The molecule has 2 aromatic rings. The molecule has 6 nitrogen and oxygen atoms in total. The number of hydrogen-bond donors (Lipinski definition) is 0. The molecule has 0 aliphatic heterocycles. The van der Waals surface area contributed by atoms with Gasteiger partial charge in [-0.1, -0.05) is 0 Å². The smallest absolute Gasteiger partial charge is 0.308 e. The molecule has 0 aromatic heterocycles. The van der Waals surface area contributed by atoms with Gasteiger partial charge in [-0.15, -0.1) is 0 Å². The maximum absolute atomic E-state index is 10.6. The van der Waals surface area contributed by atoms with Crippen molar-refractivity contribution in [1.29, 1.82) is 0 Å². The van der Waals surface area contributed by atoms with E-state index in [1.165, 1.54) is 13.8 Å². The first-order valence-electron chi connectivity index (χ1n) is 7.20. The molecular weight excluding hydrogens is 392 g/mol.